The van der Waals surface area contributed by atoms with E-state index in [0.717, 1.165) is 10.5 Å². The number of benzene rings is 1. The minimum atomic E-state index is -0.502. The summed E-state index contributed by atoms with van der Waals surface area (Å²) >= 11 is 7.35. The Bertz CT molecular complexity index is 1040. The van der Waals surface area contributed by atoms with E-state index in [4.69, 9.17) is 11.6 Å². The third-order valence-corrected chi connectivity index (χ3v) is 5.32. The zero-order valence-corrected chi connectivity index (χ0v) is 16.5. The summed E-state index contributed by atoms with van der Waals surface area (Å²) in [5, 5.41) is 12.8. The van der Waals surface area contributed by atoms with Crippen LogP contribution in [-0.4, -0.2) is 20.7 Å². The van der Waals surface area contributed by atoms with Crippen molar-refractivity contribution in [1.29, 1.82) is 0 Å². The van der Waals surface area contributed by atoms with Gasteiger partial charge < -0.3 is 4.57 Å². The number of nitrogens with zero attached hydrogens (tertiary/aromatic N) is 3. The van der Waals surface area contributed by atoms with Gasteiger partial charge in [0.05, 0.1) is 5.52 Å². The van der Waals surface area contributed by atoms with Crippen molar-refractivity contribution in [1.82, 2.24) is 14.8 Å². The molecule has 0 bridgehead atoms. The zero-order chi connectivity index (χ0) is 19.0. The molecule has 0 unspecified atom stereocenters. The Kier molecular flexibility index (Phi) is 5.11. The lowest BCUT2D eigenvalue weighted by molar-refractivity contribution is 0.102. The summed E-state index contributed by atoms with van der Waals surface area (Å²) < 4.78 is 1.89. The fourth-order valence-corrected chi connectivity index (χ4v) is 3.51. The molecule has 0 atom stereocenters. The first-order chi connectivity index (χ1) is 12.3. The van der Waals surface area contributed by atoms with Gasteiger partial charge in [0.2, 0.25) is 10.6 Å². The number of pyridine rings is 1. The number of hydrogen-bond donors (Lipinski definition) is 1. The zero-order valence-electron chi connectivity index (χ0n) is 14.9. The smallest absolute Gasteiger partial charge is 0.262 e. The molecule has 1 amide bonds. The molecule has 0 fully saturated rings. The average Bonchev–Trinajstić information content (AvgIpc) is 3.04. The van der Waals surface area contributed by atoms with E-state index in [0.29, 0.717) is 15.5 Å². The molecule has 1 N–H and O–H groups in total. The van der Waals surface area contributed by atoms with Crippen molar-refractivity contribution in [2.75, 3.05) is 5.32 Å². The number of carbonyl (C=O) groups is 1. The Morgan fingerprint density at radius 1 is 1.23 bits per heavy atom. The molecule has 0 aliphatic rings. The van der Waals surface area contributed by atoms with E-state index in [1.807, 2.05) is 32.3 Å². The van der Waals surface area contributed by atoms with Crippen molar-refractivity contribution in [3.63, 3.8) is 0 Å². The van der Waals surface area contributed by atoms with Gasteiger partial charge in [-0.05, 0) is 32.0 Å². The first kappa shape index (κ1) is 18.5. The quantitative estimate of drug-likeness (QED) is 0.713. The van der Waals surface area contributed by atoms with Gasteiger partial charge >= 0.3 is 0 Å². The fraction of sp³-hybridized carbons (Fsp3) is 0.333. The van der Waals surface area contributed by atoms with Crippen LogP contribution in [0.15, 0.2) is 29.2 Å². The molecule has 1 aromatic carbocycles. The largest absolute Gasteiger partial charge is 0.344 e. The summed E-state index contributed by atoms with van der Waals surface area (Å²) in [6, 6.07) is 5.19. The van der Waals surface area contributed by atoms with Crippen LogP contribution in [0.1, 0.15) is 55.0 Å². The van der Waals surface area contributed by atoms with E-state index in [1.54, 1.807) is 24.4 Å². The summed E-state index contributed by atoms with van der Waals surface area (Å²) in [7, 11) is 0. The maximum atomic E-state index is 12.8. The first-order valence-electron chi connectivity index (χ1n) is 8.27. The Morgan fingerprint density at radius 3 is 2.58 bits per heavy atom. The Balaban J connectivity index is 2.07. The monoisotopic (exact) mass is 390 g/mol. The van der Waals surface area contributed by atoms with Gasteiger partial charge in [0.15, 0.2) is 0 Å². The lowest BCUT2D eigenvalue weighted by Crippen LogP contribution is -2.24. The minimum Gasteiger partial charge on any atom is -0.344 e. The number of fused-ring (bicyclic) bond motifs is 1. The van der Waals surface area contributed by atoms with Crippen LogP contribution in [0.3, 0.4) is 0 Å². The molecule has 0 aliphatic carbocycles. The van der Waals surface area contributed by atoms with Gasteiger partial charge in [-0.3, -0.25) is 14.9 Å². The van der Waals surface area contributed by atoms with E-state index >= 15 is 0 Å². The second kappa shape index (κ2) is 7.17. The molecule has 3 rings (SSSR count). The maximum absolute atomic E-state index is 12.8. The number of carbonyl (C=O) groups excluding carboxylic acids is 1. The second-order valence-electron chi connectivity index (χ2n) is 6.59. The number of amides is 1. The molecule has 0 saturated carbocycles. The highest BCUT2D eigenvalue weighted by molar-refractivity contribution is 7.15. The number of nitrogens with one attached hydrogen (secondary N) is 1. The standard InChI is InChI=1S/C18H19ClN4O2S/c1-9(2)17-21-22-18(26-17)20-16(25)13-8-23(10(3)4)14-6-5-11(19)7-12(14)15(13)24/h5-10H,1-4H3,(H,20,22,25). The summed E-state index contributed by atoms with van der Waals surface area (Å²) in [4.78, 5) is 25.5. The van der Waals surface area contributed by atoms with Crippen LogP contribution in [0.25, 0.3) is 10.9 Å². The van der Waals surface area contributed by atoms with Crippen LogP contribution in [0.5, 0.6) is 0 Å². The molecular formula is C18H19ClN4O2S. The number of aromatic nitrogens is 3. The van der Waals surface area contributed by atoms with Gasteiger partial charge in [-0.2, -0.15) is 0 Å². The molecule has 2 aromatic heterocycles. The third-order valence-electron chi connectivity index (χ3n) is 3.95. The number of rotatable bonds is 4. The van der Waals surface area contributed by atoms with E-state index in [2.05, 4.69) is 15.5 Å². The average molecular weight is 391 g/mol. The highest BCUT2D eigenvalue weighted by atomic mass is 35.5. The lowest BCUT2D eigenvalue weighted by Gasteiger charge is -2.16. The fourth-order valence-electron chi connectivity index (χ4n) is 2.60. The van der Waals surface area contributed by atoms with E-state index < -0.39 is 5.91 Å². The topological polar surface area (TPSA) is 76.9 Å². The van der Waals surface area contributed by atoms with Crippen LogP contribution in [0, 0.1) is 0 Å². The molecule has 6 nitrogen and oxygen atoms in total. The van der Waals surface area contributed by atoms with Crippen molar-refractivity contribution >= 4 is 44.9 Å². The minimum absolute atomic E-state index is 0.0507. The van der Waals surface area contributed by atoms with Crippen molar-refractivity contribution in [2.45, 2.75) is 39.7 Å². The molecule has 3 aromatic rings. The first-order valence-corrected chi connectivity index (χ1v) is 9.46. The summed E-state index contributed by atoms with van der Waals surface area (Å²) in [5.41, 5.74) is 0.434. The second-order valence-corrected chi connectivity index (χ2v) is 8.03. The summed E-state index contributed by atoms with van der Waals surface area (Å²) in [5.74, 6) is -0.281. The molecule has 2 heterocycles. The van der Waals surface area contributed by atoms with Crippen molar-refractivity contribution < 1.29 is 4.79 Å². The van der Waals surface area contributed by atoms with Crippen LogP contribution >= 0.6 is 22.9 Å². The third kappa shape index (κ3) is 3.50. The van der Waals surface area contributed by atoms with Crippen molar-refractivity contribution in [2.24, 2.45) is 0 Å². The van der Waals surface area contributed by atoms with Gasteiger partial charge in [0.25, 0.3) is 5.91 Å². The molecule has 0 aliphatic heterocycles. The SMILES string of the molecule is CC(C)c1nnc(NC(=O)c2cn(C(C)C)c3ccc(Cl)cc3c2=O)s1. The van der Waals surface area contributed by atoms with Crippen molar-refractivity contribution in [3.05, 3.63) is 50.2 Å². The van der Waals surface area contributed by atoms with Gasteiger partial charge in [0, 0.05) is 28.6 Å². The molecule has 0 spiro atoms. The predicted octanol–water partition coefficient (Wildman–Crippen LogP) is 4.46. The van der Waals surface area contributed by atoms with Crippen LogP contribution < -0.4 is 10.7 Å². The van der Waals surface area contributed by atoms with Gasteiger partial charge in [-0.15, -0.1) is 10.2 Å². The molecule has 8 heteroatoms. The van der Waals surface area contributed by atoms with Gasteiger partial charge in [-0.25, -0.2) is 0 Å². The summed E-state index contributed by atoms with van der Waals surface area (Å²) in [6.45, 7) is 7.97. The predicted molar refractivity (Wildman–Crippen MR) is 106 cm³/mol. The Morgan fingerprint density at radius 2 is 1.96 bits per heavy atom. The number of halogens is 1. The number of anilines is 1. The Labute approximate surface area is 159 Å². The number of hydrogen-bond acceptors (Lipinski definition) is 5. The van der Waals surface area contributed by atoms with E-state index in [1.165, 1.54) is 11.3 Å². The van der Waals surface area contributed by atoms with E-state index in [-0.39, 0.29) is 23.0 Å². The van der Waals surface area contributed by atoms with Gasteiger partial charge in [0.1, 0.15) is 10.6 Å². The molecule has 0 saturated heterocycles. The molecular weight excluding hydrogens is 372 g/mol. The lowest BCUT2D eigenvalue weighted by atomic mass is 10.1. The normalized spacial score (nSPS) is 11.5. The van der Waals surface area contributed by atoms with E-state index in [9.17, 15) is 9.59 Å². The molecule has 26 heavy (non-hydrogen) atoms. The van der Waals surface area contributed by atoms with Crippen molar-refractivity contribution in [3.8, 4) is 0 Å². The van der Waals surface area contributed by atoms with Crippen LogP contribution in [0.4, 0.5) is 5.13 Å². The van der Waals surface area contributed by atoms with Crippen LogP contribution in [0.2, 0.25) is 5.02 Å². The summed E-state index contributed by atoms with van der Waals surface area (Å²) in [6.07, 6.45) is 1.59. The highest BCUT2D eigenvalue weighted by Crippen LogP contribution is 2.24. The Hall–Kier alpha value is -2.25. The highest BCUT2D eigenvalue weighted by Gasteiger charge is 2.19. The maximum Gasteiger partial charge on any atom is 0.262 e. The molecule has 0 radical (unpaired) electrons. The van der Waals surface area contributed by atoms with Crippen LogP contribution in [-0.2, 0) is 0 Å². The van der Waals surface area contributed by atoms with Gasteiger partial charge in [-0.1, -0.05) is 36.8 Å². The molecule has 136 valence electrons.